The lowest BCUT2D eigenvalue weighted by molar-refractivity contribution is 1.57. The van der Waals surface area contributed by atoms with Crippen LogP contribution in [-0.2, 0) is 0 Å². The van der Waals surface area contributed by atoms with E-state index < -0.39 is 0 Å². The fourth-order valence-electron chi connectivity index (χ4n) is 1.69. The standard InChI is InChI=1S/C17H15Cl/c1-14(15-8-4-2-5-9-15)12-13-17(18)16-10-6-3-7-11-16/h2-13H,1H3. The van der Waals surface area contributed by atoms with Crippen molar-refractivity contribution in [3.05, 3.63) is 83.9 Å². The molecule has 0 heterocycles. The highest BCUT2D eigenvalue weighted by molar-refractivity contribution is 6.48. The molecule has 0 spiro atoms. The van der Waals surface area contributed by atoms with Gasteiger partial charge in [-0.25, -0.2) is 0 Å². The van der Waals surface area contributed by atoms with E-state index in [0.29, 0.717) is 0 Å². The maximum Gasteiger partial charge on any atom is 0.0478 e. The van der Waals surface area contributed by atoms with Crippen LogP contribution in [0.25, 0.3) is 10.6 Å². The first-order chi connectivity index (χ1) is 8.77. The molecule has 0 aliphatic heterocycles. The number of hydrogen-bond donors (Lipinski definition) is 0. The van der Waals surface area contributed by atoms with E-state index in [-0.39, 0.29) is 0 Å². The molecule has 1 heteroatoms. The number of allylic oxidation sites excluding steroid dienone is 3. The van der Waals surface area contributed by atoms with Gasteiger partial charge < -0.3 is 0 Å². The summed E-state index contributed by atoms with van der Waals surface area (Å²) in [6.45, 7) is 2.08. The van der Waals surface area contributed by atoms with Gasteiger partial charge in [-0.2, -0.15) is 0 Å². The molecule has 0 fully saturated rings. The van der Waals surface area contributed by atoms with Crippen molar-refractivity contribution in [1.82, 2.24) is 0 Å². The Balaban J connectivity index is 2.20. The fraction of sp³-hybridized carbons (Fsp3) is 0.0588. The van der Waals surface area contributed by atoms with Crippen molar-refractivity contribution in [2.75, 3.05) is 0 Å². The second-order valence-electron chi connectivity index (χ2n) is 4.10. The maximum absolute atomic E-state index is 6.25. The van der Waals surface area contributed by atoms with Gasteiger partial charge in [0, 0.05) is 5.03 Å². The van der Waals surface area contributed by atoms with Crippen LogP contribution in [0.4, 0.5) is 0 Å². The Morgan fingerprint density at radius 1 is 0.778 bits per heavy atom. The fourth-order valence-corrected chi connectivity index (χ4v) is 1.88. The highest BCUT2D eigenvalue weighted by atomic mass is 35.5. The zero-order valence-corrected chi connectivity index (χ0v) is 11.1. The molecule has 0 aliphatic rings. The predicted molar refractivity (Wildman–Crippen MR) is 80.4 cm³/mol. The van der Waals surface area contributed by atoms with E-state index in [9.17, 15) is 0 Å². The van der Waals surface area contributed by atoms with Crippen LogP contribution >= 0.6 is 11.6 Å². The van der Waals surface area contributed by atoms with Gasteiger partial charge in [0.1, 0.15) is 0 Å². The van der Waals surface area contributed by atoms with Gasteiger partial charge >= 0.3 is 0 Å². The van der Waals surface area contributed by atoms with Crippen molar-refractivity contribution in [1.29, 1.82) is 0 Å². The number of halogens is 1. The summed E-state index contributed by atoms with van der Waals surface area (Å²) in [5.41, 5.74) is 3.45. The second-order valence-corrected chi connectivity index (χ2v) is 4.50. The summed E-state index contributed by atoms with van der Waals surface area (Å²) in [4.78, 5) is 0. The normalized spacial score (nSPS) is 12.6. The first-order valence-corrected chi connectivity index (χ1v) is 6.30. The van der Waals surface area contributed by atoms with Crippen molar-refractivity contribution in [2.24, 2.45) is 0 Å². The largest absolute Gasteiger partial charge is 0.0837 e. The third-order valence-corrected chi connectivity index (χ3v) is 3.10. The monoisotopic (exact) mass is 254 g/mol. The van der Waals surface area contributed by atoms with Crippen LogP contribution in [0, 0.1) is 0 Å². The molecule has 0 aliphatic carbocycles. The maximum atomic E-state index is 6.25. The van der Waals surface area contributed by atoms with Crippen molar-refractivity contribution >= 4 is 22.2 Å². The van der Waals surface area contributed by atoms with Gasteiger partial charge in [-0.1, -0.05) is 78.3 Å². The Morgan fingerprint density at radius 3 is 1.83 bits per heavy atom. The highest BCUT2D eigenvalue weighted by Crippen LogP contribution is 2.20. The molecule has 0 bridgehead atoms. The smallest absolute Gasteiger partial charge is 0.0478 e. The molecule has 90 valence electrons. The Morgan fingerprint density at radius 2 is 1.28 bits per heavy atom. The van der Waals surface area contributed by atoms with E-state index in [1.54, 1.807) is 0 Å². The summed E-state index contributed by atoms with van der Waals surface area (Å²) >= 11 is 6.25. The van der Waals surface area contributed by atoms with Gasteiger partial charge in [0.15, 0.2) is 0 Å². The molecule has 18 heavy (non-hydrogen) atoms. The van der Waals surface area contributed by atoms with Gasteiger partial charge in [0.2, 0.25) is 0 Å². The molecule has 2 aromatic rings. The van der Waals surface area contributed by atoms with Crippen LogP contribution in [0.3, 0.4) is 0 Å². The van der Waals surface area contributed by atoms with E-state index >= 15 is 0 Å². The minimum atomic E-state index is 0.755. The lowest BCUT2D eigenvalue weighted by Crippen LogP contribution is -1.78. The summed E-state index contributed by atoms with van der Waals surface area (Å²) in [6.07, 6.45) is 3.99. The van der Waals surface area contributed by atoms with Crippen LogP contribution in [0.15, 0.2) is 72.8 Å². The Kier molecular flexibility index (Phi) is 4.38. The lowest BCUT2D eigenvalue weighted by Gasteiger charge is -2.00. The molecule has 0 aromatic heterocycles. The highest BCUT2D eigenvalue weighted by Gasteiger charge is 1.96. The average molecular weight is 255 g/mol. The third kappa shape index (κ3) is 3.35. The quantitative estimate of drug-likeness (QED) is 0.646. The van der Waals surface area contributed by atoms with Gasteiger partial charge in [-0.15, -0.1) is 0 Å². The summed E-state index contributed by atoms with van der Waals surface area (Å²) in [7, 11) is 0. The van der Waals surface area contributed by atoms with Crippen molar-refractivity contribution in [3.63, 3.8) is 0 Å². The van der Waals surface area contributed by atoms with Gasteiger partial charge in [-0.05, 0) is 29.7 Å². The van der Waals surface area contributed by atoms with Crippen molar-refractivity contribution in [2.45, 2.75) is 6.92 Å². The van der Waals surface area contributed by atoms with Gasteiger partial charge in [-0.3, -0.25) is 0 Å². The number of benzene rings is 2. The molecule has 2 aromatic carbocycles. The van der Waals surface area contributed by atoms with E-state index in [1.807, 2.05) is 60.7 Å². The molecule has 0 nitrogen and oxygen atoms in total. The van der Waals surface area contributed by atoms with Crippen LogP contribution in [-0.4, -0.2) is 0 Å². The zero-order chi connectivity index (χ0) is 12.8. The SMILES string of the molecule is CC(=CC=C(Cl)c1ccccc1)c1ccccc1. The van der Waals surface area contributed by atoms with Gasteiger partial charge in [0.05, 0.1) is 0 Å². The first-order valence-electron chi connectivity index (χ1n) is 5.92. The van der Waals surface area contributed by atoms with Crippen LogP contribution < -0.4 is 0 Å². The average Bonchev–Trinajstić information content (AvgIpc) is 2.46. The third-order valence-electron chi connectivity index (χ3n) is 2.76. The topological polar surface area (TPSA) is 0 Å². The number of rotatable bonds is 3. The molecule has 0 saturated carbocycles. The van der Waals surface area contributed by atoms with Crippen molar-refractivity contribution < 1.29 is 0 Å². The van der Waals surface area contributed by atoms with Crippen molar-refractivity contribution in [3.8, 4) is 0 Å². The molecule has 2 rings (SSSR count). The summed E-state index contributed by atoms with van der Waals surface area (Å²) < 4.78 is 0. The molecule has 0 radical (unpaired) electrons. The molecule has 0 atom stereocenters. The Hall–Kier alpha value is -1.79. The zero-order valence-electron chi connectivity index (χ0n) is 10.3. The molecule has 0 N–H and O–H groups in total. The first kappa shape index (κ1) is 12.7. The summed E-state index contributed by atoms with van der Waals surface area (Å²) in [5, 5.41) is 0.755. The molecular weight excluding hydrogens is 240 g/mol. The number of hydrogen-bond acceptors (Lipinski definition) is 0. The lowest BCUT2D eigenvalue weighted by atomic mass is 10.1. The summed E-state index contributed by atoms with van der Waals surface area (Å²) in [5.74, 6) is 0. The molecule has 0 unspecified atom stereocenters. The minimum absolute atomic E-state index is 0.755. The van der Waals surface area contributed by atoms with E-state index in [4.69, 9.17) is 11.6 Å². The summed E-state index contributed by atoms with van der Waals surface area (Å²) in [6, 6.07) is 20.2. The van der Waals surface area contributed by atoms with Crippen LogP contribution in [0.1, 0.15) is 18.1 Å². The second kappa shape index (κ2) is 6.23. The molecule has 0 saturated heterocycles. The van der Waals surface area contributed by atoms with E-state index in [2.05, 4.69) is 19.1 Å². The Bertz CT molecular complexity index is 497. The van der Waals surface area contributed by atoms with E-state index in [1.165, 1.54) is 11.1 Å². The Labute approximate surface area is 113 Å². The molecular formula is C17H15Cl. The minimum Gasteiger partial charge on any atom is -0.0837 e. The van der Waals surface area contributed by atoms with Gasteiger partial charge in [0.25, 0.3) is 0 Å². The van der Waals surface area contributed by atoms with Crippen LogP contribution in [0.2, 0.25) is 0 Å². The molecule has 0 amide bonds. The van der Waals surface area contributed by atoms with Crippen LogP contribution in [0.5, 0.6) is 0 Å². The predicted octanol–water partition coefficient (Wildman–Crippen LogP) is 5.37. The van der Waals surface area contributed by atoms with E-state index in [0.717, 1.165) is 10.6 Å².